The Morgan fingerprint density at radius 3 is 2.52 bits per heavy atom. The van der Waals surface area contributed by atoms with Gasteiger partial charge in [0.1, 0.15) is 11.4 Å². The van der Waals surface area contributed by atoms with E-state index in [0.717, 1.165) is 73.2 Å². The van der Waals surface area contributed by atoms with E-state index < -0.39 is 17.6 Å². The van der Waals surface area contributed by atoms with E-state index in [4.69, 9.17) is 5.73 Å². The lowest BCUT2D eigenvalue weighted by Gasteiger charge is -2.36. The van der Waals surface area contributed by atoms with Crippen LogP contribution in [0.25, 0.3) is 0 Å². The molecular formula is C29H28F3N6O2+. The van der Waals surface area contributed by atoms with Crippen molar-refractivity contribution in [1.82, 2.24) is 19.4 Å². The zero-order valence-electron chi connectivity index (χ0n) is 21.8. The molecule has 2 amide bonds. The Morgan fingerprint density at radius 1 is 1.10 bits per heavy atom. The fraction of sp³-hybridized carbons (Fsp3) is 0.345. The monoisotopic (exact) mass is 549 g/mol. The molecule has 1 atom stereocenters. The zero-order chi connectivity index (χ0) is 28.2. The van der Waals surface area contributed by atoms with Crippen LogP contribution in [0, 0.1) is 11.3 Å². The van der Waals surface area contributed by atoms with Gasteiger partial charge in [-0.15, -0.1) is 0 Å². The Kier molecular flexibility index (Phi) is 6.12. The number of hydrogen-bond acceptors (Lipinski definition) is 5. The molecule has 1 aromatic carbocycles. The topological polar surface area (TPSA) is 104 Å². The summed E-state index contributed by atoms with van der Waals surface area (Å²) in [5.74, 6) is -0.0460. The molecule has 0 bridgehead atoms. The van der Waals surface area contributed by atoms with E-state index in [1.54, 1.807) is 30.5 Å². The number of nitrogens with one attached hydrogen (secondary N) is 1. The number of hydrogen-bond donors (Lipinski definition) is 2. The second kappa shape index (κ2) is 9.42. The molecule has 40 heavy (non-hydrogen) atoms. The molecule has 1 saturated carbocycles. The number of fused-ring (bicyclic) bond motifs is 1. The maximum atomic E-state index is 13.1. The van der Waals surface area contributed by atoms with Crippen LogP contribution >= 0.6 is 0 Å². The van der Waals surface area contributed by atoms with Gasteiger partial charge < -0.3 is 16.0 Å². The molecule has 3 aliphatic rings. The van der Waals surface area contributed by atoms with Gasteiger partial charge in [0.05, 0.1) is 11.5 Å². The average molecular weight is 550 g/mol. The number of nitrogens with zero attached hydrogens (tertiary/aromatic N) is 4. The molecule has 2 fully saturated rings. The lowest BCUT2D eigenvalue weighted by molar-refractivity contribution is -0.138. The summed E-state index contributed by atoms with van der Waals surface area (Å²) >= 11 is 0. The van der Waals surface area contributed by atoms with Crippen LogP contribution in [0.1, 0.15) is 54.1 Å². The van der Waals surface area contributed by atoms with E-state index >= 15 is 0 Å². The van der Waals surface area contributed by atoms with Crippen LogP contribution in [-0.4, -0.2) is 45.5 Å². The molecular weight excluding hydrogens is 521 g/mol. The van der Waals surface area contributed by atoms with Crippen LogP contribution in [0.4, 0.5) is 36.2 Å². The van der Waals surface area contributed by atoms with Gasteiger partial charge in [0, 0.05) is 48.6 Å². The molecule has 2 aliphatic heterocycles. The first-order valence-electron chi connectivity index (χ1n) is 13.2. The minimum atomic E-state index is -4.54. The van der Waals surface area contributed by atoms with Gasteiger partial charge in [0.25, 0.3) is 11.6 Å². The summed E-state index contributed by atoms with van der Waals surface area (Å²) in [6.07, 6.45) is 1.85. The number of alkyl halides is 3. The lowest BCUT2D eigenvalue weighted by atomic mass is 9.84. The number of pyridine rings is 2. The second-order valence-electron chi connectivity index (χ2n) is 10.9. The average Bonchev–Trinajstić information content (AvgIpc) is 3.68. The highest BCUT2D eigenvalue weighted by Crippen LogP contribution is 2.47. The third-order valence-electron chi connectivity index (χ3n) is 8.02. The van der Waals surface area contributed by atoms with Crippen molar-refractivity contribution in [1.29, 1.82) is 0 Å². The quantitative estimate of drug-likeness (QED) is 0.436. The molecule has 3 aromatic rings. The van der Waals surface area contributed by atoms with Crippen LogP contribution in [-0.2, 0) is 11.0 Å². The SMILES string of the molecule is CC1(C(=O)N2CCCC(C3=[N+](c4ccc(C(=O)Nc5cc(C(F)(F)F)ccn5)cc4)c4c3ccnc4N)C2)CC1. The van der Waals surface area contributed by atoms with Crippen LogP contribution in [0.5, 0.6) is 0 Å². The van der Waals surface area contributed by atoms with Gasteiger partial charge in [-0.25, -0.2) is 9.97 Å². The molecule has 4 heterocycles. The standard InChI is InChI=1S/C29H27F3N6O2/c1-28(10-11-28)27(40)37-14-2-3-18(16-37)23-21-9-13-35-25(33)24(21)38(23)20-6-4-17(5-7-20)26(39)36-22-15-19(8-12-34-22)29(30,31)32/h4-9,12-13,15,18H,2-3,10-11,14,16H2,1H3,(H2-,33,34,35,36,39)/p+1. The fourth-order valence-corrected chi connectivity index (χ4v) is 5.56. The Bertz CT molecular complexity index is 1550. The zero-order valence-corrected chi connectivity index (χ0v) is 21.8. The van der Waals surface area contributed by atoms with Gasteiger partial charge in [-0.1, -0.05) is 6.92 Å². The van der Waals surface area contributed by atoms with Gasteiger partial charge in [-0.3, -0.25) is 9.59 Å². The molecule has 8 nitrogen and oxygen atoms in total. The number of aromatic nitrogens is 2. The van der Waals surface area contributed by atoms with E-state index in [1.807, 2.05) is 22.5 Å². The lowest BCUT2D eigenvalue weighted by Crippen LogP contribution is -2.48. The van der Waals surface area contributed by atoms with Crippen LogP contribution in [0.15, 0.2) is 54.9 Å². The van der Waals surface area contributed by atoms with E-state index in [-0.39, 0.29) is 28.6 Å². The first-order valence-corrected chi connectivity index (χ1v) is 13.2. The molecule has 0 spiro atoms. The van der Waals surface area contributed by atoms with Crippen molar-refractivity contribution in [3.05, 3.63) is 71.5 Å². The van der Waals surface area contributed by atoms with Crippen molar-refractivity contribution in [3.8, 4) is 0 Å². The third kappa shape index (κ3) is 4.59. The predicted molar refractivity (Wildman–Crippen MR) is 144 cm³/mol. The largest absolute Gasteiger partial charge is 0.416 e. The number of carbonyl (C=O) groups is 2. The molecule has 11 heteroatoms. The van der Waals surface area contributed by atoms with Crippen LogP contribution in [0.2, 0.25) is 0 Å². The molecule has 6 rings (SSSR count). The third-order valence-corrected chi connectivity index (χ3v) is 8.02. The number of nitrogen functional groups attached to an aromatic ring is 1. The number of benzene rings is 1. The van der Waals surface area contributed by atoms with E-state index in [2.05, 4.69) is 15.3 Å². The maximum absolute atomic E-state index is 13.1. The van der Waals surface area contributed by atoms with Gasteiger partial charge >= 0.3 is 6.18 Å². The number of piperidine rings is 1. The van der Waals surface area contributed by atoms with Gasteiger partial charge in [0.15, 0.2) is 5.82 Å². The molecule has 2 aromatic heterocycles. The number of carbonyl (C=O) groups excluding carboxylic acids is 2. The molecule has 1 aliphatic carbocycles. The molecule has 1 saturated heterocycles. The van der Waals surface area contributed by atoms with Crippen molar-refractivity contribution in [2.75, 3.05) is 24.1 Å². The number of likely N-dealkylation sites (tertiary alicyclic amines) is 1. The predicted octanol–water partition coefficient (Wildman–Crippen LogP) is 5.01. The normalized spacial score (nSPS) is 19.5. The van der Waals surface area contributed by atoms with E-state index in [9.17, 15) is 22.8 Å². The highest BCUT2D eigenvalue weighted by atomic mass is 19.4. The highest BCUT2D eigenvalue weighted by Gasteiger charge is 2.50. The van der Waals surface area contributed by atoms with E-state index in [0.29, 0.717) is 12.4 Å². The number of halogens is 3. The number of nitrogens with two attached hydrogens (primary N) is 1. The summed E-state index contributed by atoms with van der Waals surface area (Å²) < 4.78 is 41.1. The summed E-state index contributed by atoms with van der Waals surface area (Å²) in [6, 6.07) is 10.3. The molecule has 206 valence electrons. The van der Waals surface area contributed by atoms with Crippen molar-refractivity contribution >= 4 is 40.5 Å². The Balaban J connectivity index is 1.26. The Hall–Kier alpha value is -4.28. The first kappa shape index (κ1) is 26.0. The van der Waals surface area contributed by atoms with E-state index in [1.165, 1.54) is 0 Å². The summed E-state index contributed by atoms with van der Waals surface area (Å²) in [4.78, 5) is 35.9. The van der Waals surface area contributed by atoms with Crippen LogP contribution < -0.4 is 15.6 Å². The van der Waals surface area contributed by atoms with Crippen molar-refractivity contribution in [3.63, 3.8) is 0 Å². The smallest absolute Gasteiger partial charge is 0.378 e. The summed E-state index contributed by atoms with van der Waals surface area (Å²) in [7, 11) is 0. The van der Waals surface area contributed by atoms with Crippen LogP contribution in [0.3, 0.4) is 0 Å². The van der Waals surface area contributed by atoms with Crippen molar-refractivity contribution < 1.29 is 22.8 Å². The fourth-order valence-electron chi connectivity index (χ4n) is 5.56. The number of anilines is 2. The molecule has 3 N–H and O–H groups in total. The molecule has 0 radical (unpaired) electrons. The second-order valence-corrected chi connectivity index (χ2v) is 10.9. The van der Waals surface area contributed by atoms with Crippen molar-refractivity contribution in [2.45, 2.75) is 38.8 Å². The maximum Gasteiger partial charge on any atom is 0.416 e. The molecule has 1 unspecified atom stereocenters. The first-order chi connectivity index (χ1) is 19.0. The van der Waals surface area contributed by atoms with Gasteiger partial charge in [-0.2, -0.15) is 17.7 Å². The van der Waals surface area contributed by atoms with Gasteiger partial charge in [-0.05, 0) is 56.0 Å². The highest BCUT2D eigenvalue weighted by molar-refractivity contribution is 6.18. The Labute approximate surface area is 228 Å². The minimum Gasteiger partial charge on any atom is -0.378 e. The Morgan fingerprint density at radius 2 is 1.82 bits per heavy atom. The number of amides is 2. The summed E-state index contributed by atoms with van der Waals surface area (Å²) in [5, 5.41) is 2.43. The van der Waals surface area contributed by atoms with Gasteiger partial charge in [0.2, 0.25) is 17.3 Å². The minimum absolute atomic E-state index is 0.115. The van der Waals surface area contributed by atoms with Crippen molar-refractivity contribution in [2.24, 2.45) is 11.3 Å². The summed E-state index contributed by atoms with van der Waals surface area (Å²) in [5.41, 5.74) is 9.01. The summed E-state index contributed by atoms with van der Waals surface area (Å²) in [6.45, 7) is 3.42. The number of rotatable bonds is 5.